The minimum Gasteiger partial charge on any atom is -0.341 e. The fourth-order valence-corrected chi connectivity index (χ4v) is 2.86. The lowest BCUT2D eigenvalue weighted by atomic mass is 9.95. The number of carbonyl (C=O) groups is 1. The molecule has 3 fully saturated rings. The van der Waals surface area contributed by atoms with Crippen LogP contribution < -0.4 is 0 Å². The SMILES string of the molecule is CC(=O)N1CC2CCC(C1)N(CC(F)(F)F)C2. The molecule has 6 heteroatoms. The van der Waals surface area contributed by atoms with Crippen molar-refractivity contribution in [2.24, 2.45) is 5.92 Å². The molecule has 98 valence electrons. The van der Waals surface area contributed by atoms with E-state index in [1.165, 1.54) is 11.8 Å². The number of rotatable bonds is 1. The third kappa shape index (κ3) is 3.12. The fourth-order valence-electron chi connectivity index (χ4n) is 2.86. The number of amides is 1. The molecule has 0 aliphatic carbocycles. The summed E-state index contributed by atoms with van der Waals surface area (Å²) in [7, 11) is 0. The topological polar surface area (TPSA) is 23.6 Å². The molecule has 2 atom stereocenters. The standard InChI is InChI=1S/C11H17F3N2O/c1-8(17)15-4-9-2-3-10(6-15)16(5-9)7-11(12,13)14/h9-10H,2-7H2,1H3. The van der Waals surface area contributed by atoms with Crippen LogP contribution in [0.15, 0.2) is 0 Å². The highest BCUT2D eigenvalue weighted by Crippen LogP contribution is 2.30. The van der Waals surface area contributed by atoms with Gasteiger partial charge in [0.05, 0.1) is 6.54 Å². The van der Waals surface area contributed by atoms with E-state index < -0.39 is 12.7 Å². The molecule has 0 radical (unpaired) electrons. The molecule has 0 spiro atoms. The first-order valence-electron chi connectivity index (χ1n) is 5.91. The van der Waals surface area contributed by atoms with Crippen molar-refractivity contribution >= 4 is 5.91 Å². The van der Waals surface area contributed by atoms with Crippen LogP contribution in [0.3, 0.4) is 0 Å². The summed E-state index contributed by atoms with van der Waals surface area (Å²) in [6.07, 6.45) is -2.45. The Morgan fingerprint density at radius 2 is 1.94 bits per heavy atom. The Balaban J connectivity index is 2.06. The number of fused-ring (bicyclic) bond motifs is 4. The Morgan fingerprint density at radius 3 is 2.53 bits per heavy atom. The summed E-state index contributed by atoms with van der Waals surface area (Å²) >= 11 is 0. The van der Waals surface area contributed by atoms with Gasteiger partial charge in [-0.3, -0.25) is 9.69 Å². The fraction of sp³-hybridized carbons (Fsp3) is 0.909. The molecule has 3 heterocycles. The maximum atomic E-state index is 12.4. The number of alkyl halides is 3. The van der Waals surface area contributed by atoms with Gasteiger partial charge in [0.2, 0.25) is 5.91 Å². The number of nitrogens with zero attached hydrogens (tertiary/aromatic N) is 2. The Hall–Kier alpha value is -0.780. The number of halogens is 3. The predicted molar refractivity (Wildman–Crippen MR) is 56.4 cm³/mol. The van der Waals surface area contributed by atoms with Crippen LogP contribution in [-0.2, 0) is 4.79 Å². The van der Waals surface area contributed by atoms with E-state index in [0.717, 1.165) is 12.8 Å². The second-order valence-corrected chi connectivity index (χ2v) is 5.07. The van der Waals surface area contributed by atoms with Gasteiger partial charge in [-0.1, -0.05) is 0 Å². The molecular formula is C11H17F3N2O. The van der Waals surface area contributed by atoms with E-state index in [-0.39, 0.29) is 17.9 Å². The van der Waals surface area contributed by atoms with E-state index in [1.807, 2.05) is 0 Å². The van der Waals surface area contributed by atoms with Gasteiger partial charge in [0, 0.05) is 32.6 Å². The molecule has 2 unspecified atom stereocenters. The highest BCUT2D eigenvalue weighted by molar-refractivity contribution is 5.73. The molecule has 1 amide bonds. The second kappa shape index (κ2) is 4.48. The van der Waals surface area contributed by atoms with Crippen molar-refractivity contribution in [3.63, 3.8) is 0 Å². The van der Waals surface area contributed by atoms with Gasteiger partial charge < -0.3 is 4.90 Å². The van der Waals surface area contributed by atoms with E-state index in [2.05, 4.69) is 0 Å². The van der Waals surface area contributed by atoms with Crippen molar-refractivity contribution < 1.29 is 18.0 Å². The molecule has 0 aromatic rings. The van der Waals surface area contributed by atoms with E-state index in [4.69, 9.17) is 0 Å². The van der Waals surface area contributed by atoms with Gasteiger partial charge in [-0.25, -0.2) is 0 Å². The number of piperidine rings is 1. The summed E-state index contributed by atoms with van der Waals surface area (Å²) in [5, 5.41) is 0. The van der Waals surface area contributed by atoms with E-state index in [9.17, 15) is 18.0 Å². The molecular weight excluding hydrogens is 233 g/mol. The summed E-state index contributed by atoms with van der Waals surface area (Å²) < 4.78 is 37.3. The van der Waals surface area contributed by atoms with Crippen molar-refractivity contribution in [3.8, 4) is 0 Å². The molecule has 0 aromatic carbocycles. The first-order valence-corrected chi connectivity index (χ1v) is 5.91. The first-order chi connectivity index (χ1) is 7.85. The molecule has 0 saturated carbocycles. The van der Waals surface area contributed by atoms with Gasteiger partial charge in [0.1, 0.15) is 0 Å². The summed E-state index contributed by atoms with van der Waals surface area (Å²) in [5.74, 6) is 0.163. The maximum absolute atomic E-state index is 12.4. The Morgan fingerprint density at radius 1 is 1.24 bits per heavy atom. The monoisotopic (exact) mass is 250 g/mol. The normalized spacial score (nSPS) is 30.5. The number of carbonyl (C=O) groups excluding carboxylic acids is 1. The third-order valence-corrected chi connectivity index (χ3v) is 3.65. The zero-order valence-corrected chi connectivity index (χ0v) is 9.83. The average molecular weight is 250 g/mol. The third-order valence-electron chi connectivity index (χ3n) is 3.65. The average Bonchev–Trinajstić information content (AvgIpc) is 2.46. The van der Waals surface area contributed by atoms with E-state index in [1.54, 1.807) is 4.90 Å². The molecule has 3 aliphatic rings. The lowest BCUT2D eigenvalue weighted by Crippen LogP contribution is -2.48. The van der Waals surface area contributed by atoms with Crippen molar-refractivity contribution in [3.05, 3.63) is 0 Å². The quantitative estimate of drug-likeness (QED) is 0.704. The van der Waals surface area contributed by atoms with Crippen LogP contribution in [0.25, 0.3) is 0 Å². The number of hydrogen-bond donors (Lipinski definition) is 0. The lowest BCUT2D eigenvalue weighted by Gasteiger charge is -2.36. The molecule has 0 N–H and O–H groups in total. The van der Waals surface area contributed by atoms with E-state index >= 15 is 0 Å². The van der Waals surface area contributed by atoms with Crippen molar-refractivity contribution in [2.75, 3.05) is 26.2 Å². The molecule has 3 nitrogen and oxygen atoms in total. The zero-order chi connectivity index (χ0) is 12.6. The number of hydrogen-bond acceptors (Lipinski definition) is 2. The predicted octanol–water partition coefficient (Wildman–Crippen LogP) is 1.49. The summed E-state index contributed by atoms with van der Waals surface area (Å²) in [6.45, 7) is 2.16. The Kier molecular flexibility index (Phi) is 3.34. The Labute approximate surface area is 98.6 Å². The molecule has 17 heavy (non-hydrogen) atoms. The summed E-state index contributed by atoms with van der Waals surface area (Å²) in [4.78, 5) is 14.5. The first kappa shape index (κ1) is 12.7. The van der Waals surface area contributed by atoms with Crippen LogP contribution in [0.2, 0.25) is 0 Å². The zero-order valence-electron chi connectivity index (χ0n) is 9.83. The van der Waals surface area contributed by atoms with Crippen LogP contribution in [0.5, 0.6) is 0 Å². The lowest BCUT2D eigenvalue weighted by molar-refractivity contribution is -0.154. The van der Waals surface area contributed by atoms with Crippen LogP contribution in [0.1, 0.15) is 19.8 Å². The van der Waals surface area contributed by atoms with Crippen molar-refractivity contribution in [2.45, 2.75) is 32.0 Å². The van der Waals surface area contributed by atoms with Crippen LogP contribution in [-0.4, -0.2) is 54.1 Å². The highest BCUT2D eigenvalue weighted by atomic mass is 19.4. The van der Waals surface area contributed by atoms with Crippen LogP contribution in [0.4, 0.5) is 13.2 Å². The molecule has 3 aliphatic heterocycles. The Bertz CT molecular complexity index is 306. The second-order valence-electron chi connectivity index (χ2n) is 5.07. The van der Waals surface area contributed by atoms with Gasteiger partial charge in [-0.2, -0.15) is 13.2 Å². The molecule has 3 rings (SSSR count). The van der Waals surface area contributed by atoms with Crippen molar-refractivity contribution in [1.29, 1.82) is 0 Å². The molecule has 2 bridgehead atoms. The van der Waals surface area contributed by atoms with Gasteiger partial charge in [-0.15, -0.1) is 0 Å². The minimum atomic E-state index is -4.15. The highest BCUT2D eigenvalue weighted by Gasteiger charge is 2.40. The van der Waals surface area contributed by atoms with Gasteiger partial charge >= 0.3 is 6.18 Å². The van der Waals surface area contributed by atoms with Crippen LogP contribution >= 0.6 is 0 Å². The maximum Gasteiger partial charge on any atom is 0.401 e. The largest absolute Gasteiger partial charge is 0.401 e. The summed E-state index contributed by atoms with van der Waals surface area (Å²) in [5.41, 5.74) is 0. The van der Waals surface area contributed by atoms with E-state index in [0.29, 0.717) is 19.6 Å². The smallest absolute Gasteiger partial charge is 0.341 e. The minimum absolute atomic E-state index is 0.0317. The van der Waals surface area contributed by atoms with Crippen molar-refractivity contribution in [1.82, 2.24) is 9.80 Å². The van der Waals surface area contributed by atoms with Gasteiger partial charge in [0.25, 0.3) is 0 Å². The molecule has 0 aromatic heterocycles. The van der Waals surface area contributed by atoms with Gasteiger partial charge in [0.15, 0.2) is 0 Å². The summed E-state index contributed by atoms with van der Waals surface area (Å²) in [6, 6.07) is -0.126. The van der Waals surface area contributed by atoms with Crippen LogP contribution in [0, 0.1) is 5.92 Å². The molecule has 3 saturated heterocycles. The van der Waals surface area contributed by atoms with Gasteiger partial charge in [-0.05, 0) is 18.8 Å².